The fourth-order valence-electron chi connectivity index (χ4n) is 3.74. The van der Waals surface area contributed by atoms with E-state index in [1.165, 1.54) is 0 Å². The topological polar surface area (TPSA) is 22.1 Å². The Balaban J connectivity index is 1.88. The van der Waals surface area contributed by atoms with Crippen LogP contribution in [0.1, 0.15) is 26.3 Å². The van der Waals surface area contributed by atoms with E-state index in [-0.39, 0.29) is 5.04 Å². The van der Waals surface area contributed by atoms with Crippen molar-refractivity contribution in [1.29, 1.82) is 0 Å². The lowest BCUT2D eigenvalue weighted by molar-refractivity contribution is 0.277. The van der Waals surface area contributed by atoms with Gasteiger partial charge in [-0.25, -0.2) is 4.98 Å². The largest absolute Gasteiger partial charge is 0.413 e. The summed E-state index contributed by atoms with van der Waals surface area (Å²) >= 11 is 9.45. The SMILES string of the molecule is CC(C)(C)[Si](C)(C)OCc1ccccc1-c1nc(-c2ccccc2)c(-c2ccccc2)c(I)c1Cl. The Hall–Kier alpha value is -1.99. The van der Waals surface area contributed by atoms with Gasteiger partial charge in [-0.3, -0.25) is 0 Å². The van der Waals surface area contributed by atoms with E-state index in [4.69, 9.17) is 21.0 Å². The molecule has 180 valence electrons. The second-order valence-electron chi connectivity index (χ2n) is 10.3. The van der Waals surface area contributed by atoms with Gasteiger partial charge in [0.25, 0.3) is 0 Å². The fraction of sp³-hybridized carbons (Fsp3) is 0.233. The van der Waals surface area contributed by atoms with E-state index in [0.717, 1.165) is 42.8 Å². The van der Waals surface area contributed by atoms with Crippen LogP contribution in [-0.4, -0.2) is 13.3 Å². The first-order valence-corrected chi connectivity index (χ1v) is 16.2. The third kappa shape index (κ3) is 5.56. The van der Waals surface area contributed by atoms with Crippen LogP contribution in [0.3, 0.4) is 0 Å². The van der Waals surface area contributed by atoms with Crippen LogP contribution in [0.2, 0.25) is 23.2 Å². The molecular formula is C30H31ClINOSi. The maximum Gasteiger partial charge on any atom is 0.192 e. The second kappa shape index (κ2) is 10.6. The van der Waals surface area contributed by atoms with E-state index >= 15 is 0 Å². The van der Waals surface area contributed by atoms with Gasteiger partial charge in [-0.15, -0.1) is 0 Å². The summed E-state index contributed by atoms with van der Waals surface area (Å²) in [6.07, 6.45) is 0. The molecule has 5 heteroatoms. The van der Waals surface area contributed by atoms with E-state index in [2.05, 4.69) is 111 Å². The number of hydrogen-bond acceptors (Lipinski definition) is 2. The van der Waals surface area contributed by atoms with Crippen molar-refractivity contribution in [2.45, 2.75) is 45.5 Å². The smallest absolute Gasteiger partial charge is 0.192 e. The van der Waals surface area contributed by atoms with Gasteiger partial charge < -0.3 is 4.43 Å². The molecular weight excluding hydrogens is 581 g/mol. The van der Waals surface area contributed by atoms with Crippen LogP contribution >= 0.6 is 34.2 Å². The molecule has 4 rings (SSSR count). The number of aromatic nitrogens is 1. The van der Waals surface area contributed by atoms with Crippen molar-refractivity contribution in [2.75, 3.05) is 0 Å². The summed E-state index contributed by atoms with van der Waals surface area (Å²) in [5, 5.41) is 0.814. The van der Waals surface area contributed by atoms with Gasteiger partial charge in [0, 0.05) is 20.3 Å². The number of halogens is 2. The third-order valence-electron chi connectivity index (χ3n) is 6.86. The van der Waals surface area contributed by atoms with Crippen LogP contribution in [0, 0.1) is 3.57 Å². The Morgan fingerprint density at radius 2 is 1.34 bits per heavy atom. The van der Waals surface area contributed by atoms with Crippen molar-refractivity contribution in [3.05, 3.63) is 99.1 Å². The van der Waals surface area contributed by atoms with Crippen molar-refractivity contribution in [3.63, 3.8) is 0 Å². The first kappa shape index (κ1) is 26.1. The molecule has 0 amide bonds. The minimum atomic E-state index is -1.91. The molecule has 0 aliphatic heterocycles. The van der Waals surface area contributed by atoms with E-state index in [0.29, 0.717) is 11.6 Å². The lowest BCUT2D eigenvalue weighted by atomic mass is 9.97. The molecule has 35 heavy (non-hydrogen) atoms. The van der Waals surface area contributed by atoms with Gasteiger partial charge in [-0.1, -0.05) is 117 Å². The zero-order valence-corrected chi connectivity index (χ0v) is 24.8. The molecule has 0 saturated carbocycles. The molecule has 4 aromatic rings. The predicted octanol–water partition coefficient (Wildman–Crippen LogP) is 9.86. The van der Waals surface area contributed by atoms with E-state index in [1.807, 2.05) is 30.3 Å². The van der Waals surface area contributed by atoms with E-state index in [1.54, 1.807) is 0 Å². The molecule has 3 aromatic carbocycles. The van der Waals surface area contributed by atoms with Crippen molar-refractivity contribution in [3.8, 4) is 33.6 Å². The van der Waals surface area contributed by atoms with Gasteiger partial charge in [0.15, 0.2) is 8.32 Å². The van der Waals surface area contributed by atoms with Crippen molar-refractivity contribution < 1.29 is 4.43 Å². The van der Waals surface area contributed by atoms with Crippen LogP contribution in [-0.2, 0) is 11.0 Å². The van der Waals surface area contributed by atoms with Crippen LogP contribution in [0.4, 0.5) is 0 Å². The van der Waals surface area contributed by atoms with Crippen LogP contribution < -0.4 is 0 Å². The highest BCUT2D eigenvalue weighted by atomic mass is 127. The zero-order valence-electron chi connectivity index (χ0n) is 20.9. The van der Waals surface area contributed by atoms with Crippen LogP contribution in [0.25, 0.3) is 33.6 Å². The molecule has 0 atom stereocenters. The molecule has 1 heterocycles. The molecule has 0 bridgehead atoms. The zero-order chi connectivity index (χ0) is 25.2. The molecule has 0 N–H and O–H groups in total. The van der Waals surface area contributed by atoms with E-state index < -0.39 is 8.32 Å². The molecule has 2 nitrogen and oxygen atoms in total. The second-order valence-corrected chi connectivity index (χ2v) is 16.5. The molecule has 0 aliphatic carbocycles. The summed E-state index contributed by atoms with van der Waals surface area (Å²) in [6.45, 7) is 11.9. The summed E-state index contributed by atoms with van der Waals surface area (Å²) < 4.78 is 7.59. The Labute approximate surface area is 229 Å². The average Bonchev–Trinajstić information content (AvgIpc) is 2.85. The number of pyridine rings is 1. The predicted molar refractivity (Wildman–Crippen MR) is 160 cm³/mol. The standard InChI is InChI=1S/C30H31ClINOSi/c1-30(2,3)35(4,5)34-20-23-18-12-13-19-24(23)29-26(31)27(32)25(21-14-8-6-9-15-21)28(33-29)22-16-10-7-11-17-22/h6-19H,20H2,1-5H3. The molecule has 0 unspecified atom stereocenters. The van der Waals surface area contributed by atoms with Crippen molar-refractivity contribution in [2.24, 2.45) is 0 Å². The Bertz CT molecular complexity index is 1320. The number of hydrogen-bond donors (Lipinski definition) is 0. The summed E-state index contributed by atoms with van der Waals surface area (Å²) in [5.41, 5.74) is 7.08. The fourth-order valence-corrected chi connectivity index (χ4v) is 5.75. The summed E-state index contributed by atoms with van der Waals surface area (Å²) in [7, 11) is -1.91. The van der Waals surface area contributed by atoms with E-state index in [9.17, 15) is 0 Å². The van der Waals surface area contributed by atoms with Gasteiger partial charge in [0.2, 0.25) is 0 Å². The normalized spacial score (nSPS) is 12.1. The highest BCUT2D eigenvalue weighted by Gasteiger charge is 2.37. The van der Waals surface area contributed by atoms with Crippen molar-refractivity contribution in [1.82, 2.24) is 4.98 Å². The minimum absolute atomic E-state index is 0.144. The molecule has 0 fully saturated rings. The lowest BCUT2D eigenvalue weighted by Gasteiger charge is -2.36. The average molecular weight is 612 g/mol. The lowest BCUT2D eigenvalue weighted by Crippen LogP contribution is -2.40. The molecule has 0 radical (unpaired) electrons. The minimum Gasteiger partial charge on any atom is -0.413 e. The maximum atomic E-state index is 7.07. The highest BCUT2D eigenvalue weighted by Crippen LogP contribution is 2.43. The molecule has 0 spiro atoms. The van der Waals surface area contributed by atoms with Gasteiger partial charge in [0.05, 0.1) is 23.0 Å². The van der Waals surface area contributed by atoms with Gasteiger partial charge in [0.1, 0.15) is 0 Å². The first-order chi connectivity index (χ1) is 16.6. The van der Waals surface area contributed by atoms with Gasteiger partial charge >= 0.3 is 0 Å². The maximum absolute atomic E-state index is 7.07. The molecule has 0 aliphatic rings. The van der Waals surface area contributed by atoms with Crippen LogP contribution in [0.15, 0.2) is 84.9 Å². The Morgan fingerprint density at radius 3 is 1.94 bits per heavy atom. The quantitative estimate of drug-likeness (QED) is 0.160. The summed E-state index contributed by atoms with van der Waals surface area (Å²) in [4.78, 5) is 5.22. The Kier molecular flexibility index (Phi) is 7.86. The van der Waals surface area contributed by atoms with Gasteiger partial charge in [-0.2, -0.15) is 0 Å². The third-order valence-corrected chi connectivity index (χ3v) is 13.1. The monoisotopic (exact) mass is 611 g/mol. The number of nitrogens with zero attached hydrogens (tertiary/aromatic N) is 1. The molecule has 1 aromatic heterocycles. The summed E-state index contributed by atoms with van der Waals surface area (Å²) in [5.74, 6) is 0. The molecule has 0 saturated heterocycles. The first-order valence-electron chi connectivity index (χ1n) is 11.8. The number of rotatable bonds is 6. The Morgan fingerprint density at radius 1 is 0.800 bits per heavy atom. The van der Waals surface area contributed by atoms with Crippen molar-refractivity contribution >= 4 is 42.5 Å². The van der Waals surface area contributed by atoms with Crippen LogP contribution in [0.5, 0.6) is 0 Å². The number of benzene rings is 3. The highest BCUT2D eigenvalue weighted by molar-refractivity contribution is 14.1. The van der Waals surface area contributed by atoms with Gasteiger partial charge in [-0.05, 0) is 51.9 Å². The summed E-state index contributed by atoms with van der Waals surface area (Å²) in [6, 6.07) is 29.0.